The topological polar surface area (TPSA) is 85.1 Å². The number of aromatic nitrogens is 1. The van der Waals surface area contributed by atoms with E-state index in [1.165, 1.54) is 18.5 Å². The highest BCUT2D eigenvalue weighted by Crippen LogP contribution is 2.22. The second kappa shape index (κ2) is 5.74. The molecule has 1 heterocycles. The molecule has 20 heavy (non-hydrogen) atoms. The fraction of sp³-hybridized carbons (Fsp3) is 0. The Morgan fingerprint density at radius 1 is 1.40 bits per heavy atom. The van der Waals surface area contributed by atoms with E-state index < -0.39 is 22.3 Å². The standard InChI is InChI=1S/C12H7BrFN3O3/c13-10-6-15-2-1-11(10)16-12(18)7-3-8(14)5-9(4-7)17(19)20/h1-6H,(H,15,16,18). The van der Waals surface area contributed by atoms with Gasteiger partial charge in [-0.15, -0.1) is 0 Å². The second-order valence-corrected chi connectivity index (χ2v) is 4.62. The molecule has 0 fully saturated rings. The second-order valence-electron chi connectivity index (χ2n) is 3.76. The highest BCUT2D eigenvalue weighted by atomic mass is 79.9. The van der Waals surface area contributed by atoms with Crippen LogP contribution in [0.15, 0.2) is 41.1 Å². The summed E-state index contributed by atoms with van der Waals surface area (Å²) in [5, 5.41) is 13.1. The summed E-state index contributed by atoms with van der Waals surface area (Å²) in [6.07, 6.45) is 2.94. The Labute approximate surface area is 120 Å². The summed E-state index contributed by atoms with van der Waals surface area (Å²) < 4.78 is 13.8. The van der Waals surface area contributed by atoms with Gasteiger partial charge in [0.1, 0.15) is 5.82 Å². The van der Waals surface area contributed by atoms with Crippen molar-refractivity contribution < 1.29 is 14.1 Å². The zero-order valence-electron chi connectivity index (χ0n) is 9.84. The van der Waals surface area contributed by atoms with Crippen LogP contribution in [0.4, 0.5) is 15.8 Å². The molecule has 0 saturated heterocycles. The third kappa shape index (κ3) is 3.15. The molecule has 0 aliphatic rings. The Kier molecular flexibility index (Phi) is 4.04. The fourth-order valence-electron chi connectivity index (χ4n) is 1.48. The van der Waals surface area contributed by atoms with E-state index in [1.54, 1.807) is 0 Å². The average Bonchev–Trinajstić information content (AvgIpc) is 2.40. The normalized spacial score (nSPS) is 10.1. The molecule has 0 aliphatic carbocycles. The van der Waals surface area contributed by atoms with Gasteiger partial charge in [-0.25, -0.2) is 4.39 Å². The number of hydrogen-bond donors (Lipinski definition) is 1. The number of non-ortho nitro benzene ring substituents is 1. The number of carbonyl (C=O) groups excluding carboxylic acids is 1. The molecule has 0 bridgehead atoms. The minimum Gasteiger partial charge on any atom is -0.321 e. The van der Waals surface area contributed by atoms with Gasteiger partial charge in [-0.1, -0.05) is 0 Å². The Bertz CT molecular complexity index is 693. The number of amides is 1. The first-order chi connectivity index (χ1) is 9.47. The number of nitrogens with zero attached hydrogens (tertiary/aromatic N) is 2. The van der Waals surface area contributed by atoms with Crippen molar-refractivity contribution in [1.29, 1.82) is 0 Å². The lowest BCUT2D eigenvalue weighted by atomic mass is 10.2. The van der Waals surface area contributed by atoms with Crippen LogP contribution in [0.3, 0.4) is 0 Å². The van der Waals surface area contributed by atoms with E-state index >= 15 is 0 Å². The predicted molar refractivity (Wildman–Crippen MR) is 72.9 cm³/mol. The number of benzene rings is 1. The number of rotatable bonds is 3. The van der Waals surface area contributed by atoms with Crippen molar-refractivity contribution >= 4 is 33.2 Å². The van der Waals surface area contributed by atoms with Gasteiger partial charge in [0.05, 0.1) is 21.1 Å². The van der Waals surface area contributed by atoms with Crippen molar-refractivity contribution in [2.24, 2.45) is 0 Å². The Balaban J connectivity index is 2.30. The van der Waals surface area contributed by atoms with Crippen LogP contribution < -0.4 is 5.32 Å². The van der Waals surface area contributed by atoms with Crippen LogP contribution in [0.1, 0.15) is 10.4 Å². The van der Waals surface area contributed by atoms with Gasteiger partial charge in [0.15, 0.2) is 0 Å². The minimum absolute atomic E-state index is 0.139. The van der Waals surface area contributed by atoms with Crippen molar-refractivity contribution in [3.05, 3.63) is 62.6 Å². The molecule has 1 amide bonds. The van der Waals surface area contributed by atoms with Crippen LogP contribution in [0.2, 0.25) is 0 Å². The van der Waals surface area contributed by atoms with Crippen molar-refractivity contribution in [3.63, 3.8) is 0 Å². The molecule has 1 aromatic carbocycles. The number of carbonyl (C=O) groups is 1. The lowest BCUT2D eigenvalue weighted by Gasteiger charge is -2.06. The van der Waals surface area contributed by atoms with E-state index in [2.05, 4.69) is 26.2 Å². The number of pyridine rings is 1. The molecule has 1 aromatic heterocycles. The smallest absolute Gasteiger partial charge is 0.273 e. The van der Waals surface area contributed by atoms with Gasteiger partial charge in [0.25, 0.3) is 11.6 Å². The van der Waals surface area contributed by atoms with E-state index in [0.717, 1.165) is 18.2 Å². The summed E-state index contributed by atoms with van der Waals surface area (Å²) in [4.78, 5) is 25.7. The number of nitro benzene ring substituents is 1. The molecule has 8 heteroatoms. The van der Waals surface area contributed by atoms with Crippen molar-refractivity contribution in [1.82, 2.24) is 4.98 Å². The molecule has 0 spiro atoms. The quantitative estimate of drug-likeness (QED) is 0.687. The number of halogens is 2. The van der Waals surface area contributed by atoms with Gasteiger partial charge < -0.3 is 5.32 Å². The Morgan fingerprint density at radius 2 is 2.15 bits per heavy atom. The molecule has 0 atom stereocenters. The van der Waals surface area contributed by atoms with E-state index in [1.807, 2.05) is 0 Å². The maximum atomic E-state index is 13.3. The van der Waals surface area contributed by atoms with Crippen LogP contribution in [0, 0.1) is 15.9 Å². The number of anilines is 1. The minimum atomic E-state index is -0.849. The summed E-state index contributed by atoms with van der Waals surface area (Å²) in [5.74, 6) is -1.50. The first-order valence-electron chi connectivity index (χ1n) is 5.33. The van der Waals surface area contributed by atoms with Crippen LogP contribution in [0.25, 0.3) is 0 Å². The van der Waals surface area contributed by atoms with Gasteiger partial charge in [0, 0.05) is 24.0 Å². The summed E-state index contributed by atoms with van der Waals surface area (Å²) in [6, 6.07) is 4.22. The molecule has 2 aromatic rings. The monoisotopic (exact) mass is 339 g/mol. The average molecular weight is 340 g/mol. The maximum Gasteiger partial charge on any atom is 0.273 e. The highest BCUT2D eigenvalue weighted by molar-refractivity contribution is 9.10. The molecule has 0 aliphatic heterocycles. The van der Waals surface area contributed by atoms with Crippen molar-refractivity contribution in [2.45, 2.75) is 0 Å². The van der Waals surface area contributed by atoms with Crippen LogP contribution in [0.5, 0.6) is 0 Å². The Morgan fingerprint density at radius 3 is 2.80 bits per heavy atom. The number of nitrogens with one attached hydrogen (secondary N) is 1. The zero-order valence-corrected chi connectivity index (χ0v) is 11.4. The molecular formula is C12H7BrFN3O3. The number of hydrogen-bond acceptors (Lipinski definition) is 4. The van der Waals surface area contributed by atoms with Gasteiger partial charge in [-0.2, -0.15) is 0 Å². The first-order valence-corrected chi connectivity index (χ1v) is 6.12. The Hall–Kier alpha value is -2.35. The lowest BCUT2D eigenvalue weighted by molar-refractivity contribution is -0.385. The van der Waals surface area contributed by atoms with Gasteiger partial charge in [-0.05, 0) is 28.1 Å². The van der Waals surface area contributed by atoms with E-state index in [9.17, 15) is 19.3 Å². The third-order valence-electron chi connectivity index (χ3n) is 2.38. The largest absolute Gasteiger partial charge is 0.321 e. The molecule has 6 nitrogen and oxygen atoms in total. The summed E-state index contributed by atoms with van der Waals surface area (Å²) >= 11 is 3.19. The van der Waals surface area contributed by atoms with Crippen molar-refractivity contribution in [3.8, 4) is 0 Å². The summed E-state index contributed by atoms with van der Waals surface area (Å²) in [7, 11) is 0. The summed E-state index contributed by atoms with van der Waals surface area (Å²) in [6.45, 7) is 0. The predicted octanol–water partition coefficient (Wildman–Crippen LogP) is 3.14. The molecule has 1 N–H and O–H groups in total. The van der Waals surface area contributed by atoms with Gasteiger partial charge in [-0.3, -0.25) is 19.9 Å². The van der Waals surface area contributed by atoms with Crippen LogP contribution in [-0.2, 0) is 0 Å². The van der Waals surface area contributed by atoms with Crippen LogP contribution >= 0.6 is 15.9 Å². The fourth-order valence-corrected chi connectivity index (χ4v) is 1.83. The molecule has 102 valence electrons. The van der Waals surface area contributed by atoms with Gasteiger partial charge in [0.2, 0.25) is 0 Å². The third-order valence-corrected chi connectivity index (χ3v) is 3.01. The van der Waals surface area contributed by atoms with E-state index in [4.69, 9.17) is 0 Å². The lowest BCUT2D eigenvalue weighted by Crippen LogP contribution is -2.13. The molecule has 0 saturated carbocycles. The molecule has 2 rings (SSSR count). The summed E-state index contributed by atoms with van der Waals surface area (Å²) in [5.41, 5.74) is -0.193. The van der Waals surface area contributed by atoms with E-state index in [-0.39, 0.29) is 5.56 Å². The van der Waals surface area contributed by atoms with E-state index in [0.29, 0.717) is 10.2 Å². The molecule has 0 radical (unpaired) electrons. The first kappa shape index (κ1) is 14.1. The van der Waals surface area contributed by atoms with Crippen molar-refractivity contribution in [2.75, 3.05) is 5.32 Å². The SMILES string of the molecule is O=C(Nc1ccncc1Br)c1cc(F)cc([N+](=O)[O-])c1. The molecule has 0 unspecified atom stereocenters. The van der Waals surface area contributed by atoms with Crippen LogP contribution in [-0.4, -0.2) is 15.8 Å². The molecular weight excluding hydrogens is 333 g/mol. The maximum absolute atomic E-state index is 13.3. The number of nitro groups is 1. The van der Waals surface area contributed by atoms with Gasteiger partial charge >= 0.3 is 0 Å². The zero-order chi connectivity index (χ0) is 14.7. The highest BCUT2D eigenvalue weighted by Gasteiger charge is 2.15.